The Morgan fingerprint density at radius 3 is 2.36 bits per heavy atom. The summed E-state index contributed by atoms with van der Waals surface area (Å²) in [7, 11) is 0. The third-order valence-electron chi connectivity index (χ3n) is 5.74. The molecule has 1 N–H and O–H groups in total. The largest absolute Gasteiger partial charge is 0.481 e. The van der Waals surface area contributed by atoms with Crippen LogP contribution in [0.4, 0.5) is 0 Å². The highest BCUT2D eigenvalue weighted by Gasteiger charge is 2.40. The van der Waals surface area contributed by atoms with Gasteiger partial charge in [0, 0.05) is 25.7 Å². The zero-order valence-corrected chi connectivity index (χ0v) is 13.4. The number of hydrogen-bond acceptors (Lipinski definition) is 3. The molecule has 22 heavy (non-hydrogen) atoms. The van der Waals surface area contributed by atoms with Crippen LogP contribution in [0.2, 0.25) is 0 Å². The Morgan fingerprint density at radius 2 is 1.77 bits per heavy atom. The summed E-state index contributed by atoms with van der Waals surface area (Å²) in [5.74, 6) is -0.147. The van der Waals surface area contributed by atoms with Gasteiger partial charge >= 0.3 is 5.97 Å². The lowest BCUT2D eigenvalue weighted by Crippen LogP contribution is -2.61. The molecular weight excluding hydrogens is 280 g/mol. The van der Waals surface area contributed by atoms with Gasteiger partial charge in [0.25, 0.3) is 0 Å². The Balaban J connectivity index is 1.67. The molecule has 1 amide bonds. The zero-order chi connectivity index (χ0) is 15.5. The van der Waals surface area contributed by atoms with Gasteiger partial charge in [-0.05, 0) is 31.6 Å². The Morgan fingerprint density at radius 1 is 1.05 bits per heavy atom. The molecule has 1 saturated heterocycles. The average molecular weight is 308 g/mol. The van der Waals surface area contributed by atoms with Gasteiger partial charge < -0.3 is 10.0 Å². The lowest BCUT2D eigenvalue weighted by Gasteiger charge is -2.46. The van der Waals surface area contributed by atoms with Crippen LogP contribution in [0.25, 0.3) is 0 Å². The monoisotopic (exact) mass is 308 g/mol. The predicted octanol–water partition coefficient (Wildman–Crippen LogP) is 2.11. The van der Waals surface area contributed by atoms with Crippen LogP contribution in [-0.4, -0.2) is 58.5 Å². The summed E-state index contributed by atoms with van der Waals surface area (Å²) in [4.78, 5) is 28.2. The molecule has 2 saturated carbocycles. The minimum absolute atomic E-state index is 0.0451. The van der Waals surface area contributed by atoms with E-state index in [4.69, 9.17) is 0 Å². The summed E-state index contributed by atoms with van der Waals surface area (Å²) in [6, 6.07) is -0.0256. The van der Waals surface area contributed by atoms with Crippen molar-refractivity contribution in [3.63, 3.8) is 0 Å². The van der Waals surface area contributed by atoms with E-state index in [9.17, 15) is 14.7 Å². The van der Waals surface area contributed by atoms with Gasteiger partial charge in [0.05, 0.1) is 6.42 Å². The topological polar surface area (TPSA) is 60.9 Å². The highest BCUT2D eigenvalue weighted by Crippen LogP contribution is 2.31. The van der Waals surface area contributed by atoms with Crippen LogP contribution in [0.5, 0.6) is 0 Å². The maximum Gasteiger partial charge on any atom is 0.305 e. The fourth-order valence-corrected chi connectivity index (χ4v) is 4.24. The summed E-state index contributed by atoms with van der Waals surface area (Å²) < 4.78 is 0. The average Bonchev–Trinajstić information content (AvgIpc) is 2.47. The van der Waals surface area contributed by atoms with Crippen LogP contribution in [-0.2, 0) is 9.59 Å². The number of piperazine rings is 1. The highest BCUT2D eigenvalue weighted by atomic mass is 16.4. The Bertz CT molecular complexity index is 416. The first-order chi connectivity index (χ1) is 10.6. The summed E-state index contributed by atoms with van der Waals surface area (Å²) in [6.45, 7) is 2.47. The third-order valence-corrected chi connectivity index (χ3v) is 5.74. The van der Waals surface area contributed by atoms with Crippen molar-refractivity contribution in [1.29, 1.82) is 0 Å². The number of amides is 1. The summed E-state index contributed by atoms with van der Waals surface area (Å²) in [5.41, 5.74) is 0. The van der Waals surface area contributed by atoms with Gasteiger partial charge in [-0.1, -0.05) is 25.7 Å². The molecule has 1 aliphatic heterocycles. The molecule has 3 aliphatic rings. The number of nitrogens with zero attached hydrogens (tertiary/aromatic N) is 2. The lowest BCUT2D eigenvalue weighted by atomic mass is 9.84. The SMILES string of the molecule is O=C(O)CC1C(=O)N(CC2CCC2)CCN1C1CCCCC1. The second-order valence-corrected chi connectivity index (χ2v) is 7.22. The molecule has 0 spiro atoms. The van der Waals surface area contributed by atoms with E-state index in [1.807, 2.05) is 4.90 Å². The molecule has 1 heterocycles. The first-order valence-electron chi connectivity index (χ1n) is 8.91. The zero-order valence-electron chi connectivity index (χ0n) is 13.4. The van der Waals surface area contributed by atoms with Crippen molar-refractivity contribution in [3.05, 3.63) is 0 Å². The van der Waals surface area contributed by atoms with E-state index >= 15 is 0 Å². The van der Waals surface area contributed by atoms with Crippen LogP contribution in [0.1, 0.15) is 57.8 Å². The van der Waals surface area contributed by atoms with Crippen molar-refractivity contribution in [3.8, 4) is 0 Å². The van der Waals surface area contributed by atoms with E-state index in [1.165, 1.54) is 38.5 Å². The van der Waals surface area contributed by atoms with E-state index in [0.717, 1.165) is 32.5 Å². The first-order valence-corrected chi connectivity index (χ1v) is 8.91. The molecule has 0 bridgehead atoms. The highest BCUT2D eigenvalue weighted by molar-refractivity contribution is 5.87. The molecule has 5 nitrogen and oxygen atoms in total. The quantitative estimate of drug-likeness (QED) is 0.845. The molecule has 3 rings (SSSR count). The minimum atomic E-state index is -0.857. The predicted molar refractivity (Wildman–Crippen MR) is 83.5 cm³/mol. The summed E-state index contributed by atoms with van der Waals surface area (Å²) >= 11 is 0. The van der Waals surface area contributed by atoms with Gasteiger partial charge in [-0.25, -0.2) is 0 Å². The number of carbonyl (C=O) groups excluding carboxylic acids is 1. The van der Waals surface area contributed by atoms with E-state index in [2.05, 4.69) is 4.90 Å². The minimum Gasteiger partial charge on any atom is -0.481 e. The number of carboxylic acid groups (broad SMARTS) is 1. The van der Waals surface area contributed by atoms with Gasteiger partial charge in [0.2, 0.25) is 5.91 Å². The fraction of sp³-hybridized carbons (Fsp3) is 0.882. The summed E-state index contributed by atoms with van der Waals surface area (Å²) in [5, 5.41) is 9.23. The molecule has 1 atom stereocenters. The van der Waals surface area contributed by atoms with Crippen molar-refractivity contribution in [2.75, 3.05) is 19.6 Å². The summed E-state index contributed by atoms with van der Waals surface area (Å²) in [6.07, 6.45) is 9.60. The second kappa shape index (κ2) is 6.99. The van der Waals surface area contributed by atoms with Crippen molar-refractivity contribution in [1.82, 2.24) is 9.80 Å². The van der Waals surface area contributed by atoms with E-state index in [0.29, 0.717) is 12.0 Å². The molecule has 3 fully saturated rings. The van der Waals surface area contributed by atoms with Crippen LogP contribution in [0.3, 0.4) is 0 Å². The Kier molecular flexibility index (Phi) is 5.01. The van der Waals surface area contributed by atoms with E-state index < -0.39 is 12.0 Å². The third kappa shape index (κ3) is 3.45. The Hall–Kier alpha value is -1.10. The number of aliphatic carboxylic acids is 1. The second-order valence-electron chi connectivity index (χ2n) is 7.22. The van der Waals surface area contributed by atoms with Crippen LogP contribution in [0.15, 0.2) is 0 Å². The fourth-order valence-electron chi connectivity index (χ4n) is 4.24. The van der Waals surface area contributed by atoms with Crippen LogP contribution < -0.4 is 0 Å². The molecule has 0 aromatic heterocycles. The number of rotatable bonds is 5. The lowest BCUT2D eigenvalue weighted by molar-refractivity contribution is -0.152. The molecule has 2 aliphatic carbocycles. The van der Waals surface area contributed by atoms with Crippen molar-refractivity contribution < 1.29 is 14.7 Å². The van der Waals surface area contributed by atoms with Gasteiger partial charge in [-0.3, -0.25) is 14.5 Å². The first kappa shape index (κ1) is 15.8. The molecule has 0 radical (unpaired) electrons. The van der Waals surface area contributed by atoms with Crippen molar-refractivity contribution in [2.24, 2.45) is 5.92 Å². The van der Waals surface area contributed by atoms with Crippen LogP contribution in [0, 0.1) is 5.92 Å². The van der Waals surface area contributed by atoms with Crippen molar-refractivity contribution in [2.45, 2.75) is 69.9 Å². The number of hydrogen-bond donors (Lipinski definition) is 1. The van der Waals surface area contributed by atoms with Crippen molar-refractivity contribution >= 4 is 11.9 Å². The van der Waals surface area contributed by atoms with Gasteiger partial charge in [0.15, 0.2) is 0 Å². The molecule has 0 aromatic carbocycles. The smallest absolute Gasteiger partial charge is 0.305 e. The molecule has 124 valence electrons. The van der Waals surface area contributed by atoms with E-state index in [1.54, 1.807) is 0 Å². The normalized spacial score (nSPS) is 28.6. The number of carboxylic acids is 1. The molecule has 5 heteroatoms. The van der Waals surface area contributed by atoms with Gasteiger partial charge in [-0.2, -0.15) is 0 Å². The van der Waals surface area contributed by atoms with Gasteiger partial charge in [0.1, 0.15) is 6.04 Å². The van der Waals surface area contributed by atoms with E-state index in [-0.39, 0.29) is 12.3 Å². The Labute approximate surface area is 132 Å². The van der Waals surface area contributed by atoms with Crippen LogP contribution >= 0.6 is 0 Å². The maximum atomic E-state index is 12.8. The van der Waals surface area contributed by atoms with Gasteiger partial charge in [-0.15, -0.1) is 0 Å². The molecule has 1 unspecified atom stereocenters. The maximum absolute atomic E-state index is 12.8. The number of carbonyl (C=O) groups is 2. The standard InChI is InChI=1S/C17H28N2O3/c20-16(21)11-15-17(22)18(12-13-5-4-6-13)9-10-19(15)14-7-2-1-3-8-14/h13-15H,1-12H2,(H,20,21). The molecular formula is C17H28N2O3. The molecule has 0 aromatic rings.